The molecule has 2 saturated heterocycles. The summed E-state index contributed by atoms with van der Waals surface area (Å²) in [6.45, 7) is 6.55. The Bertz CT molecular complexity index is 479. The minimum Gasteiger partial charge on any atom is -0.356 e. The number of nitrogens with zero attached hydrogens (tertiary/aromatic N) is 1. The van der Waals surface area contributed by atoms with Gasteiger partial charge in [0.05, 0.1) is 0 Å². The van der Waals surface area contributed by atoms with E-state index in [1.807, 2.05) is 0 Å². The molecule has 1 aromatic rings. The number of para-hydroxylation sites is 1. The van der Waals surface area contributed by atoms with Crippen molar-refractivity contribution in [2.75, 3.05) is 31.5 Å². The van der Waals surface area contributed by atoms with Crippen LogP contribution in [0.25, 0.3) is 0 Å². The summed E-state index contributed by atoms with van der Waals surface area (Å²) in [5.74, 6) is 1.25. The zero-order valence-electron chi connectivity index (χ0n) is 13.5. The fraction of sp³-hybridized carbons (Fsp3) is 0.556. The lowest BCUT2D eigenvalue weighted by Gasteiger charge is -2.36. The molecule has 120 valence electrons. The van der Waals surface area contributed by atoms with E-state index in [4.69, 9.17) is 0 Å². The van der Waals surface area contributed by atoms with Crippen LogP contribution in [0.2, 0.25) is 0 Å². The standard InChI is InChI=1S/C18H28N4/c1-15-14-22(12-11-19-15)18(13-17-9-5-6-10-20-17)21-16-7-3-2-4-8-16/h2-4,7-8,13,15,17,19-21H,5-6,9-12,14H2,1H3/b18-13-/t15-,17?/m1/s1. The molecule has 0 amide bonds. The molecule has 2 aliphatic rings. The predicted molar refractivity (Wildman–Crippen MR) is 92.8 cm³/mol. The van der Waals surface area contributed by atoms with Crippen LogP contribution in [0.5, 0.6) is 0 Å². The molecule has 0 aliphatic carbocycles. The van der Waals surface area contributed by atoms with Crippen molar-refractivity contribution >= 4 is 5.69 Å². The second kappa shape index (κ2) is 7.65. The molecule has 0 saturated carbocycles. The number of rotatable bonds is 4. The van der Waals surface area contributed by atoms with Gasteiger partial charge < -0.3 is 20.9 Å². The van der Waals surface area contributed by atoms with E-state index in [0.717, 1.165) is 31.9 Å². The molecule has 0 radical (unpaired) electrons. The summed E-state index contributed by atoms with van der Waals surface area (Å²) in [7, 11) is 0. The Labute approximate surface area is 134 Å². The van der Waals surface area contributed by atoms with Crippen LogP contribution >= 0.6 is 0 Å². The molecule has 3 N–H and O–H groups in total. The van der Waals surface area contributed by atoms with E-state index in [9.17, 15) is 0 Å². The average Bonchev–Trinajstić information content (AvgIpc) is 2.56. The molecule has 2 fully saturated rings. The van der Waals surface area contributed by atoms with Crippen molar-refractivity contribution in [1.29, 1.82) is 0 Å². The fourth-order valence-electron chi connectivity index (χ4n) is 3.26. The van der Waals surface area contributed by atoms with Gasteiger partial charge in [0.1, 0.15) is 5.82 Å². The van der Waals surface area contributed by atoms with Crippen LogP contribution in [0.15, 0.2) is 42.2 Å². The topological polar surface area (TPSA) is 39.3 Å². The van der Waals surface area contributed by atoms with Crippen molar-refractivity contribution < 1.29 is 0 Å². The minimum atomic E-state index is 0.491. The van der Waals surface area contributed by atoms with Crippen LogP contribution in [0.3, 0.4) is 0 Å². The van der Waals surface area contributed by atoms with Gasteiger partial charge in [0.15, 0.2) is 0 Å². The summed E-state index contributed by atoms with van der Waals surface area (Å²) in [5.41, 5.74) is 1.16. The maximum atomic E-state index is 3.64. The lowest BCUT2D eigenvalue weighted by molar-refractivity contribution is 0.256. The average molecular weight is 300 g/mol. The molecule has 1 aromatic carbocycles. The van der Waals surface area contributed by atoms with Gasteiger partial charge in [-0.1, -0.05) is 24.6 Å². The highest BCUT2D eigenvalue weighted by Crippen LogP contribution is 2.17. The minimum absolute atomic E-state index is 0.491. The van der Waals surface area contributed by atoms with Gasteiger partial charge in [0, 0.05) is 37.4 Å². The first-order valence-corrected chi connectivity index (χ1v) is 8.57. The van der Waals surface area contributed by atoms with Crippen molar-refractivity contribution in [1.82, 2.24) is 15.5 Å². The zero-order valence-corrected chi connectivity index (χ0v) is 13.5. The van der Waals surface area contributed by atoms with Crippen LogP contribution in [0.4, 0.5) is 5.69 Å². The van der Waals surface area contributed by atoms with E-state index >= 15 is 0 Å². The predicted octanol–water partition coefficient (Wildman–Crippen LogP) is 2.38. The lowest BCUT2D eigenvalue weighted by atomic mass is 10.0. The Morgan fingerprint density at radius 3 is 2.77 bits per heavy atom. The van der Waals surface area contributed by atoms with Gasteiger partial charge in [0.2, 0.25) is 0 Å². The fourth-order valence-corrected chi connectivity index (χ4v) is 3.26. The van der Waals surface area contributed by atoms with Crippen molar-refractivity contribution in [2.24, 2.45) is 0 Å². The number of benzene rings is 1. The van der Waals surface area contributed by atoms with Crippen molar-refractivity contribution in [2.45, 2.75) is 38.3 Å². The van der Waals surface area contributed by atoms with Gasteiger partial charge in [-0.05, 0) is 44.5 Å². The van der Waals surface area contributed by atoms with Gasteiger partial charge in [-0.3, -0.25) is 0 Å². The van der Waals surface area contributed by atoms with Gasteiger partial charge in [-0.25, -0.2) is 0 Å². The SMILES string of the molecule is C[C@@H]1CN(/C(=C\C2CCCCN2)Nc2ccccc2)CCN1. The molecule has 0 bridgehead atoms. The van der Waals surface area contributed by atoms with E-state index in [2.05, 4.69) is 64.2 Å². The van der Waals surface area contributed by atoms with Crippen LogP contribution in [0.1, 0.15) is 26.2 Å². The summed E-state index contributed by atoms with van der Waals surface area (Å²) in [4.78, 5) is 2.48. The molecule has 2 heterocycles. The third kappa shape index (κ3) is 4.24. The number of piperazine rings is 1. The first-order chi connectivity index (χ1) is 10.8. The summed E-state index contributed by atoms with van der Waals surface area (Å²) < 4.78 is 0. The molecule has 2 atom stereocenters. The van der Waals surface area contributed by atoms with E-state index in [1.54, 1.807) is 0 Å². The molecule has 22 heavy (non-hydrogen) atoms. The summed E-state index contributed by atoms with van der Waals surface area (Å²) in [5, 5.41) is 10.8. The van der Waals surface area contributed by atoms with E-state index in [0.29, 0.717) is 12.1 Å². The largest absolute Gasteiger partial charge is 0.356 e. The molecule has 1 unspecified atom stereocenters. The summed E-state index contributed by atoms with van der Waals surface area (Å²) in [6.07, 6.45) is 6.26. The van der Waals surface area contributed by atoms with Crippen molar-refractivity contribution in [3.8, 4) is 0 Å². The van der Waals surface area contributed by atoms with Crippen LogP contribution < -0.4 is 16.0 Å². The first-order valence-electron chi connectivity index (χ1n) is 8.57. The molecule has 4 heteroatoms. The monoisotopic (exact) mass is 300 g/mol. The van der Waals surface area contributed by atoms with Crippen molar-refractivity contribution in [3.63, 3.8) is 0 Å². The molecule has 3 rings (SSSR count). The molecular weight excluding hydrogens is 272 g/mol. The maximum Gasteiger partial charge on any atom is 0.103 e. The van der Waals surface area contributed by atoms with Crippen LogP contribution in [-0.4, -0.2) is 43.2 Å². The third-order valence-corrected chi connectivity index (χ3v) is 4.46. The number of hydrogen-bond acceptors (Lipinski definition) is 4. The molecular formula is C18H28N4. The quantitative estimate of drug-likeness (QED) is 0.798. The summed E-state index contributed by atoms with van der Waals surface area (Å²) in [6, 6.07) is 11.5. The number of nitrogens with one attached hydrogen (secondary N) is 3. The molecule has 4 nitrogen and oxygen atoms in total. The molecule has 0 aromatic heterocycles. The molecule has 2 aliphatic heterocycles. The second-order valence-electron chi connectivity index (χ2n) is 6.40. The number of hydrogen-bond donors (Lipinski definition) is 3. The zero-order chi connectivity index (χ0) is 15.2. The van der Waals surface area contributed by atoms with E-state index in [-0.39, 0.29) is 0 Å². The second-order valence-corrected chi connectivity index (χ2v) is 6.40. The summed E-state index contributed by atoms with van der Waals surface area (Å²) >= 11 is 0. The van der Waals surface area contributed by atoms with Crippen LogP contribution in [0, 0.1) is 0 Å². The van der Waals surface area contributed by atoms with Crippen LogP contribution in [-0.2, 0) is 0 Å². The highest BCUT2D eigenvalue weighted by atomic mass is 15.3. The first kappa shape index (κ1) is 15.4. The Hall–Kier alpha value is -1.52. The van der Waals surface area contributed by atoms with Gasteiger partial charge in [-0.2, -0.15) is 0 Å². The highest BCUT2D eigenvalue weighted by Gasteiger charge is 2.20. The Kier molecular flexibility index (Phi) is 5.35. The Morgan fingerprint density at radius 2 is 2.05 bits per heavy atom. The van der Waals surface area contributed by atoms with Crippen molar-refractivity contribution in [3.05, 3.63) is 42.2 Å². The van der Waals surface area contributed by atoms with Gasteiger partial charge >= 0.3 is 0 Å². The van der Waals surface area contributed by atoms with Gasteiger partial charge in [0.25, 0.3) is 0 Å². The molecule has 0 spiro atoms. The Morgan fingerprint density at radius 1 is 1.18 bits per heavy atom. The van der Waals surface area contributed by atoms with E-state index < -0.39 is 0 Å². The maximum absolute atomic E-state index is 3.64. The smallest absolute Gasteiger partial charge is 0.103 e. The van der Waals surface area contributed by atoms with Gasteiger partial charge in [-0.15, -0.1) is 0 Å². The lowest BCUT2D eigenvalue weighted by Crippen LogP contribution is -2.50. The highest BCUT2D eigenvalue weighted by molar-refractivity contribution is 5.47. The van der Waals surface area contributed by atoms with E-state index in [1.165, 1.54) is 25.1 Å². The number of piperidine rings is 1. The number of anilines is 1. The Balaban J connectivity index is 1.76. The normalized spacial score (nSPS) is 26.8. The third-order valence-electron chi connectivity index (χ3n) is 4.46.